The van der Waals surface area contributed by atoms with Crippen LogP contribution in [0.15, 0.2) is 18.2 Å². The smallest absolute Gasteiger partial charge is 0.311 e. The normalized spacial score (nSPS) is 11.2. The number of halogens is 2. The lowest BCUT2D eigenvalue weighted by Crippen LogP contribution is -2.42. The largest absolute Gasteiger partial charge is 0.481 e. The van der Waals surface area contributed by atoms with E-state index in [1.54, 1.807) is 13.8 Å². The average molecular weight is 302 g/mol. The van der Waals surface area contributed by atoms with Gasteiger partial charge in [-0.3, -0.25) is 9.59 Å². The van der Waals surface area contributed by atoms with E-state index < -0.39 is 23.1 Å². The van der Waals surface area contributed by atoms with E-state index in [1.807, 2.05) is 0 Å². The highest BCUT2D eigenvalue weighted by atomic mass is 35.5. The molecule has 0 bridgehead atoms. The minimum absolute atomic E-state index is 0.0454. The lowest BCUT2D eigenvalue weighted by Gasteiger charge is -2.26. The second kappa shape index (κ2) is 6.70. The number of carbonyl (C=O) groups is 2. The molecule has 0 atom stereocenters. The van der Waals surface area contributed by atoms with Gasteiger partial charge in [-0.25, -0.2) is 4.39 Å². The number of hydrogen-bond acceptors (Lipinski definition) is 2. The first kappa shape index (κ1) is 16.4. The molecule has 110 valence electrons. The summed E-state index contributed by atoms with van der Waals surface area (Å²) in [5.41, 5.74) is -1.18. The van der Waals surface area contributed by atoms with Gasteiger partial charge in [0.25, 0.3) is 5.91 Å². The summed E-state index contributed by atoms with van der Waals surface area (Å²) in [6.07, 6.45) is 0.754. The molecule has 2 N–H and O–H groups in total. The number of benzene rings is 1. The predicted octanol–water partition coefficient (Wildman–Crippen LogP) is 3.10. The van der Waals surface area contributed by atoms with Crippen LogP contribution >= 0.6 is 11.6 Å². The molecule has 0 saturated heterocycles. The summed E-state index contributed by atoms with van der Waals surface area (Å²) in [7, 11) is 0. The Morgan fingerprint density at radius 3 is 2.40 bits per heavy atom. The molecule has 1 rings (SSSR count). The van der Waals surface area contributed by atoms with Gasteiger partial charge in [0.2, 0.25) is 0 Å². The average Bonchev–Trinajstić information content (AvgIpc) is 2.39. The Kier molecular flexibility index (Phi) is 5.51. The standard InChI is InChI=1S/C14H17ClFNO3/c1-3-14(4-2,13(19)20)8-17-12(18)10-6-5-9(15)7-11(10)16/h5-7H,3-4,8H2,1-2H3,(H,17,18)(H,19,20). The summed E-state index contributed by atoms with van der Waals surface area (Å²) in [6.45, 7) is 3.44. The highest BCUT2D eigenvalue weighted by molar-refractivity contribution is 6.30. The van der Waals surface area contributed by atoms with E-state index in [-0.39, 0.29) is 17.1 Å². The van der Waals surface area contributed by atoms with Gasteiger partial charge in [0.1, 0.15) is 5.82 Å². The van der Waals surface area contributed by atoms with Gasteiger partial charge < -0.3 is 10.4 Å². The molecular weight excluding hydrogens is 285 g/mol. The zero-order valence-electron chi connectivity index (χ0n) is 11.4. The number of aliphatic carboxylic acids is 1. The third-order valence-electron chi connectivity index (χ3n) is 3.57. The molecule has 0 spiro atoms. The monoisotopic (exact) mass is 301 g/mol. The van der Waals surface area contributed by atoms with Gasteiger partial charge in [-0.1, -0.05) is 25.4 Å². The zero-order chi connectivity index (χ0) is 15.3. The molecule has 0 aliphatic carbocycles. The van der Waals surface area contributed by atoms with Crippen molar-refractivity contribution in [3.05, 3.63) is 34.6 Å². The fraction of sp³-hybridized carbons (Fsp3) is 0.429. The van der Waals surface area contributed by atoms with E-state index in [1.165, 1.54) is 12.1 Å². The summed E-state index contributed by atoms with van der Waals surface area (Å²) in [4.78, 5) is 23.2. The van der Waals surface area contributed by atoms with Crippen molar-refractivity contribution in [1.29, 1.82) is 0 Å². The Hall–Kier alpha value is -1.62. The Bertz CT molecular complexity index is 515. The van der Waals surface area contributed by atoms with Crippen LogP contribution in [0.4, 0.5) is 4.39 Å². The van der Waals surface area contributed by atoms with Crippen molar-refractivity contribution in [1.82, 2.24) is 5.32 Å². The number of carboxylic acids is 1. The van der Waals surface area contributed by atoms with Crippen molar-refractivity contribution in [2.75, 3.05) is 6.54 Å². The molecular formula is C14H17ClFNO3. The Labute approximate surface area is 121 Å². The van der Waals surface area contributed by atoms with Crippen LogP contribution in [0.2, 0.25) is 5.02 Å². The maximum Gasteiger partial charge on any atom is 0.311 e. The van der Waals surface area contributed by atoms with Crippen LogP contribution in [0, 0.1) is 11.2 Å². The van der Waals surface area contributed by atoms with Crippen molar-refractivity contribution in [3.63, 3.8) is 0 Å². The van der Waals surface area contributed by atoms with E-state index in [2.05, 4.69) is 5.32 Å². The number of carbonyl (C=O) groups excluding carboxylic acids is 1. The highest BCUT2D eigenvalue weighted by Gasteiger charge is 2.35. The first-order valence-corrected chi connectivity index (χ1v) is 6.70. The van der Waals surface area contributed by atoms with Gasteiger partial charge in [0.15, 0.2) is 0 Å². The van der Waals surface area contributed by atoms with E-state index in [0.717, 1.165) is 6.07 Å². The molecule has 1 aromatic rings. The second-order valence-electron chi connectivity index (χ2n) is 4.60. The van der Waals surface area contributed by atoms with Gasteiger partial charge >= 0.3 is 5.97 Å². The van der Waals surface area contributed by atoms with E-state index in [9.17, 15) is 19.1 Å². The van der Waals surface area contributed by atoms with Crippen LogP contribution < -0.4 is 5.32 Å². The van der Waals surface area contributed by atoms with Crippen LogP contribution in [0.5, 0.6) is 0 Å². The molecule has 6 heteroatoms. The minimum Gasteiger partial charge on any atom is -0.481 e. The molecule has 4 nitrogen and oxygen atoms in total. The molecule has 1 amide bonds. The van der Waals surface area contributed by atoms with Gasteiger partial charge in [0, 0.05) is 11.6 Å². The second-order valence-corrected chi connectivity index (χ2v) is 5.04. The fourth-order valence-corrected chi connectivity index (χ4v) is 2.06. The number of nitrogens with one attached hydrogen (secondary N) is 1. The Morgan fingerprint density at radius 2 is 1.95 bits per heavy atom. The zero-order valence-corrected chi connectivity index (χ0v) is 12.1. The summed E-state index contributed by atoms with van der Waals surface area (Å²) < 4.78 is 13.6. The molecule has 1 aromatic carbocycles. The molecule has 0 heterocycles. The van der Waals surface area contributed by atoms with Crippen molar-refractivity contribution in [2.24, 2.45) is 5.41 Å². The van der Waals surface area contributed by atoms with E-state index >= 15 is 0 Å². The number of rotatable bonds is 6. The van der Waals surface area contributed by atoms with Gasteiger partial charge in [-0.05, 0) is 31.0 Å². The summed E-state index contributed by atoms with van der Waals surface area (Å²) in [5.74, 6) is -2.35. The first-order valence-electron chi connectivity index (χ1n) is 6.33. The number of carboxylic acid groups (broad SMARTS) is 1. The van der Waals surface area contributed by atoms with Crippen LogP contribution in [0.1, 0.15) is 37.0 Å². The first-order chi connectivity index (χ1) is 9.36. The molecule has 0 unspecified atom stereocenters. The molecule has 20 heavy (non-hydrogen) atoms. The Balaban J connectivity index is 2.83. The van der Waals surface area contributed by atoms with Gasteiger partial charge in [-0.15, -0.1) is 0 Å². The lowest BCUT2D eigenvalue weighted by molar-refractivity contribution is -0.149. The predicted molar refractivity (Wildman–Crippen MR) is 74.4 cm³/mol. The van der Waals surface area contributed by atoms with Crippen molar-refractivity contribution < 1.29 is 19.1 Å². The quantitative estimate of drug-likeness (QED) is 0.848. The SMILES string of the molecule is CCC(CC)(CNC(=O)c1ccc(Cl)cc1F)C(=O)O. The van der Waals surface area contributed by atoms with Gasteiger partial charge in [0.05, 0.1) is 11.0 Å². The summed E-state index contributed by atoms with van der Waals surface area (Å²) >= 11 is 5.61. The van der Waals surface area contributed by atoms with Gasteiger partial charge in [-0.2, -0.15) is 0 Å². The van der Waals surface area contributed by atoms with Crippen LogP contribution in [0.25, 0.3) is 0 Å². The van der Waals surface area contributed by atoms with Crippen LogP contribution in [-0.4, -0.2) is 23.5 Å². The van der Waals surface area contributed by atoms with Crippen molar-refractivity contribution in [2.45, 2.75) is 26.7 Å². The Morgan fingerprint density at radius 1 is 1.35 bits per heavy atom. The number of amides is 1. The molecule has 0 aliphatic heterocycles. The summed E-state index contributed by atoms with van der Waals surface area (Å²) in [6, 6.07) is 3.72. The molecule has 0 saturated carbocycles. The highest BCUT2D eigenvalue weighted by Crippen LogP contribution is 2.26. The van der Waals surface area contributed by atoms with Crippen LogP contribution in [0.3, 0.4) is 0 Å². The van der Waals surface area contributed by atoms with Crippen molar-refractivity contribution >= 4 is 23.5 Å². The lowest BCUT2D eigenvalue weighted by atomic mass is 9.82. The maximum absolute atomic E-state index is 13.6. The molecule has 0 radical (unpaired) electrons. The van der Waals surface area contributed by atoms with E-state index in [4.69, 9.17) is 11.6 Å². The van der Waals surface area contributed by atoms with Crippen molar-refractivity contribution in [3.8, 4) is 0 Å². The maximum atomic E-state index is 13.6. The number of hydrogen-bond donors (Lipinski definition) is 2. The van der Waals surface area contributed by atoms with E-state index in [0.29, 0.717) is 12.8 Å². The minimum atomic E-state index is -1.03. The van der Waals surface area contributed by atoms with Crippen LogP contribution in [-0.2, 0) is 4.79 Å². The molecule has 0 fully saturated rings. The third-order valence-corrected chi connectivity index (χ3v) is 3.81. The molecule has 0 aromatic heterocycles. The molecule has 0 aliphatic rings. The topological polar surface area (TPSA) is 66.4 Å². The third kappa shape index (κ3) is 3.48. The fourth-order valence-electron chi connectivity index (χ4n) is 1.90. The summed E-state index contributed by atoms with van der Waals surface area (Å²) in [5, 5.41) is 11.9.